The first-order chi connectivity index (χ1) is 9.06. The van der Waals surface area contributed by atoms with Crippen LogP contribution in [-0.4, -0.2) is 24.0 Å². The van der Waals surface area contributed by atoms with E-state index in [1.807, 2.05) is 6.07 Å². The van der Waals surface area contributed by atoms with Crippen LogP contribution in [0.15, 0.2) is 24.3 Å². The highest BCUT2D eigenvalue weighted by Crippen LogP contribution is 2.30. The van der Waals surface area contributed by atoms with Crippen molar-refractivity contribution < 1.29 is 4.39 Å². The van der Waals surface area contributed by atoms with E-state index in [1.54, 1.807) is 12.1 Å². The molecular weight excluding hydrogens is 239 g/mol. The predicted octanol–water partition coefficient (Wildman–Crippen LogP) is 3.34. The van der Waals surface area contributed by atoms with Gasteiger partial charge in [0, 0.05) is 25.2 Å². The maximum atomic E-state index is 13.2. The molecule has 19 heavy (non-hydrogen) atoms. The first kappa shape index (κ1) is 14.5. The average molecular weight is 264 g/mol. The van der Waals surface area contributed by atoms with Crippen molar-refractivity contribution in [3.8, 4) is 0 Å². The molecule has 0 saturated heterocycles. The minimum absolute atomic E-state index is 0.0730. The summed E-state index contributed by atoms with van der Waals surface area (Å²) >= 11 is 0. The van der Waals surface area contributed by atoms with Crippen LogP contribution < -0.4 is 5.73 Å². The highest BCUT2D eigenvalue weighted by molar-refractivity contribution is 5.19. The molecule has 0 amide bonds. The molecule has 2 rings (SSSR count). The van der Waals surface area contributed by atoms with E-state index in [4.69, 9.17) is 5.73 Å². The van der Waals surface area contributed by atoms with Crippen molar-refractivity contribution in [2.24, 2.45) is 11.7 Å². The zero-order valence-corrected chi connectivity index (χ0v) is 12.0. The Hall–Kier alpha value is -0.930. The van der Waals surface area contributed by atoms with Crippen LogP contribution in [0.2, 0.25) is 0 Å². The Kier molecular flexibility index (Phi) is 4.94. The van der Waals surface area contributed by atoms with Gasteiger partial charge in [0.25, 0.3) is 0 Å². The predicted molar refractivity (Wildman–Crippen MR) is 77.4 cm³/mol. The summed E-state index contributed by atoms with van der Waals surface area (Å²) in [6, 6.07) is 7.13. The van der Waals surface area contributed by atoms with Gasteiger partial charge in [0.05, 0.1) is 0 Å². The number of nitrogens with two attached hydrogens (primary N) is 1. The largest absolute Gasteiger partial charge is 0.324 e. The Morgan fingerprint density at radius 3 is 2.68 bits per heavy atom. The van der Waals surface area contributed by atoms with Gasteiger partial charge >= 0.3 is 0 Å². The summed E-state index contributed by atoms with van der Waals surface area (Å²) in [5.41, 5.74) is 7.06. The van der Waals surface area contributed by atoms with Gasteiger partial charge in [-0.25, -0.2) is 4.39 Å². The molecule has 106 valence electrons. The minimum atomic E-state index is -0.202. The molecule has 1 fully saturated rings. The molecule has 0 heterocycles. The van der Waals surface area contributed by atoms with E-state index in [-0.39, 0.29) is 11.9 Å². The average Bonchev–Trinajstić information content (AvgIpc) is 3.17. The Labute approximate surface area is 115 Å². The van der Waals surface area contributed by atoms with Gasteiger partial charge in [-0.2, -0.15) is 0 Å². The van der Waals surface area contributed by atoms with Gasteiger partial charge in [-0.1, -0.05) is 12.1 Å². The molecular formula is C16H25FN2. The van der Waals surface area contributed by atoms with Gasteiger partial charge in [-0.3, -0.25) is 0 Å². The number of nitrogens with zero attached hydrogens (tertiary/aromatic N) is 1. The second kappa shape index (κ2) is 6.49. The zero-order chi connectivity index (χ0) is 13.8. The maximum Gasteiger partial charge on any atom is 0.123 e. The molecule has 1 atom stereocenters. The zero-order valence-electron chi connectivity index (χ0n) is 12.0. The molecule has 2 nitrogen and oxygen atoms in total. The van der Waals surface area contributed by atoms with Crippen molar-refractivity contribution in [1.82, 2.24) is 4.90 Å². The standard InChI is InChI=1S/C16H25FN2/c1-12(2)19(11-13-6-7-13)9-8-16(18)14-4-3-5-15(17)10-14/h3-5,10,12-13,16H,6-9,11,18H2,1-2H3. The number of hydrogen-bond acceptors (Lipinski definition) is 2. The highest BCUT2D eigenvalue weighted by Gasteiger charge is 2.25. The molecule has 1 aromatic carbocycles. The Morgan fingerprint density at radius 2 is 2.11 bits per heavy atom. The summed E-state index contributed by atoms with van der Waals surface area (Å²) in [7, 11) is 0. The van der Waals surface area contributed by atoms with E-state index in [2.05, 4.69) is 18.7 Å². The molecule has 0 radical (unpaired) electrons. The first-order valence-electron chi connectivity index (χ1n) is 7.31. The third kappa shape index (κ3) is 4.59. The summed E-state index contributed by atoms with van der Waals surface area (Å²) in [5.74, 6) is 0.694. The van der Waals surface area contributed by atoms with E-state index >= 15 is 0 Å². The molecule has 1 unspecified atom stereocenters. The highest BCUT2D eigenvalue weighted by atomic mass is 19.1. The van der Waals surface area contributed by atoms with E-state index in [0.29, 0.717) is 6.04 Å². The lowest BCUT2D eigenvalue weighted by atomic mass is 10.0. The van der Waals surface area contributed by atoms with Crippen molar-refractivity contribution in [2.75, 3.05) is 13.1 Å². The van der Waals surface area contributed by atoms with Crippen LogP contribution >= 0.6 is 0 Å². The lowest BCUT2D eigenvalue weighted by molar-refractivity contribution is 0.205. The topological polar surface area (TPSA) is 29.3 Å². The van der Waals surface area contributed by atoms with E-state index in [0.717, 1.165) is 24.4 Å². The SMILES string of the molecule is CC(C)N(CCC(N)c1cccc(F)c1)CC1CC1. The van der Waals surface area contributed by atoms with Gasteiger partial charge in [-0.15, -0.1) is 0 Å². The van der Waals surface area contributed by atoms with Gasteiger partial charge in [-0.05, 0) is 56.7 Å². The molecule has 0 aromatic heterocycles. The van der Waals surface area contributed by atoms with Crippen LogP contribution in [0.4, 0.5) is 4.39 Å². The van der Waals surface area contributed by atoms with Crippen molar-refractivity contribution in [2.45, 2.75) is 45.2 Å². The Bertz CT molecular complexity index is 401. The Morgan fingerprint density at radius 1 is 1.37 bits per heavy atom. The summed E-state index contributed by atoms with van der Waals surface area (Å²) in [6.45, 7) is 6.64. The first-order valence-corrected chi connectivity index (χ1v) is 7.31. The van der Waals surface area contributed by atoms with Gasteiger partial charge in [0.2, 0.25) is 0 Å². The fourth-order valence-electron chi connectivity index (χ4n) is 2.40. The summed E-state index contributed by atoms with van der Waals surface area (Å²) in [5, 5.41) is 0. The normalized spacial score (nSPS) is 17.2. The van der Waals surface area contributed by atoms with Crippen LogP contribution in [0.3, 0.4) is 0 Å². The van der Waals surface area contributed by atoms with Gasteiger partial charge in [0.15, 0.2) is 0 Å². The molecule has 0 bridgehead atoms. The van der Waals surface area contributed by atoms with Crippen molar-refractivity contribution in [3.63, 3.8) is 0 Å². The fraction of sp³-hybridized carbons (Fsp3) is 0.625. The lowest BCUT2D eigenvalue weighted by Gasteiger charge is -2.27. The van der Waals surface area contributed by atoms with Crippen LogP contribution in [0.1, 0.15) is 44.7 Å². The van der Waals surface area contributed by atoms with Crippen LogP contribution in [0.5, 0.6) is 0 Å². The smallest absolute Gasteiger partial charge is 0.123 e. The summed E-state index contributed by atoms with van der Waals surface area (Å²) < 4.78 is 13.2. The quantitative estimate of drug-likeness (QED) is 0.818. The van der Waals surface area contributed by atoms with Crippen LogP contribution in [0, 0.1) is 11.7 Å². The van der Waals surface area contributed by atoms with Crippen molar-refractivity contribution >= 4 is 0 Å². The molecule has 0 aliphatic heterocycles. The maximum absolute atomic E-state index is 13.2. The summed E-state index contributed by atoms with van der Waals surface area (Å²) in [4.78, 5) is 2.50. The molecule has 1 aliphatic rings. The fourth-order valence-corrected chi connectivity index (χ4v) is 2.40. The number of benzene rings is 1. The minimum Gasteiger partial charge on any atom is -0.324 e. The lowest BCUT2D eigenvalue weighted by Crippen LogP contribution is -2.35. The van der Waals surface area contributed by atoms with Crippen molar-refractivity contribution in [3.05, 3.63) is 35.6 Å². The van der Waals surface area contributed by atoms with Crippen LogP contribution in [0.25, 0.3) is 0 Å². The monoisotopic (exact) mass is 264 g/mol. The van der Waals surface area contributed by atoms with Gasteiger partial charge in [0.1, 0.15) is 5.82 Å². The molecule has 1 aliphatic carbocycles. The van der Waals surface area contributed by atoms with E-state index in [9.17, 15) is 4.39 Å². The van der Waals surface area contributed by atoms with E-state index < -0.39 is 0 Å². The van der Waals surface area contributed by atoms with Gasteiger partial charge < -0.3 is 10.6 Å². The summed E-state index contributed by atoms with van der Waals surface area (Å²) in [6.07, 6.45) is 3.63. The molecule has 3 heteroatoms. The Balaban J connectivity index is 1.85. The third-order valence-electron chi connectivity index (χ3n) is 3.92. The second-order valence-corrected chi connectivity index (χ2v) is 5.98. The number of halogens is 1. The number of rotatable bonds is 7. The van der Waals surface area contributed by atoms with E-state index in [1.165, 1.54) is 25.5 Å². The number of hydrogen-bond donors (Lipinski definition) is 1. The molecule has 1 aromatic rings. The second-order valence-electron chi connectivity index (χ2n) is 5.98. The molecule has 2 N–H and O–H groups in total. The molecule has 1 saturated carbocycles. The molecule has 0 spiro atoms. The third-order valence-corrected chi connectivity index (χ3v) is 3.92. The van der Waals surface area contributed by atoms with Crippen molar-refractivity contribution in [1.29, 1.82) is 0 Å². The van der Waals surface area contributed by atoms with Crippen LogP contribution in [-0.2, 0) is 0 Å².